The van der Waals surface area contributed by atoms with Gasteiger partial charge in [-0.3, -0.25) is 4.90 Å². The quantitative estimate of drug-likeness (QED) is 0.700. The summed E-state index contributed by atoms with van der Waals surface area (Å²) in [6, 6.07) is 17.0. The number of hydrogen-bond donors (Lipinski definition) is 1. The molecule has 1 saturated heterocycles. The van der Waals surface area contributed by atoms with Crippen molar-refractivity contribution >= 4 is 30.5 Å². The van der Waals surface area contributed by atoms with Crippen molar-refractivity contribution in [1.82, 2.24) is 14.3 Å². The first-order valence-electron chi connectivity index (χ1n) is 9.04. The predicted molar refractivity (Wildman–Crippen MR) is 117 cm³/mol. The lowest BCUT2D eigenvalue weighted by Crippen LogP contribution is -2.52. The van der Waals surface area contributed by atoms with Crippen molar-refractivity contribution in [3.8, 4) is 11.3 Å². The summed E-state index contributed by atoms with van der Waals surface area (Å²) in [6.45, 7) is 7.50. The number of pyridine rings is 1. The molecule has 1 aliphatic rings. The van der Waals surface area contributed by atoms with Gasteiger partial charge in [0.2, 0.25) is 0 Å². The molecule has 0 bridgehead atoms. The molecule has 27 heavy (non-hydrogen) atoms. The first-order chi connectivity index (χ1) is 12.0. The smallest absolute Gasteiger partial charge is 0.137 e. The molecule has 3 heterocycles. The molecule has 0 spiro atoms. The number of halogens is 2. The van der Waals surface area contributed by atoms with E-state index in [9.17, 15) is 0 Å². The van der Waals surface area contributed by atoms with Crippen LogP contribution in [0.1, 0.15) is 26.0 Å². The zero-order valence-electron chi connectivity index (χ0n) is 15.8. The van der Waals surface area contributed by atoms with E-state index in [-0.39, 0.29) is 36.3 Å². The lowest BCUT2D eigenvalue weighted by molar-refractivity contribution is 0.0888. The van der Waals surface area contributed by atoms with E-state index in [1.165, 1.54) is 11.3 Å². The van der Waals surface area contributed by atoms with Crippen molar-refractivity contribution in [2.75, 3.05) is 13.1 Å². The fraction of sp³-hybridized carbons (Fsp3) is 0.381. The minimum absolute atomic E-state index is 0. The summed E-state index contributed by atoms with van der Waals surface area (Å²) in [5, 5.41) is 0. The second-order valence-corrected chi connectivity index (χ2v) is 7.80. The van der Waals surface area contributed by atoms with E-state index in [0.717, 1.165) is 37.4 Å². The van der Waals surface area contributed by atoms with Crippen LogP contribution in [0.2, 0.25) is 0 Å². The lowest BCUT2D eigenvalue weighted by atomic mass is 9.79. The Hall–Kier alpha value is -1.59. The standard InChI is InChI=1S/C21H26N4.2ClH/c1-21(2)15-24(13-11-18(21)22)14-17-20(16-8-4-3-5-9-16)23-19-10-6-7-12-25(17)19;;/h3-10,12,18H,11,13-15,22H2,1-2H3;2*1H. The van der Waals surface area contributed by atoms with E-state index in [4.69, 9.17) is 10.7 Å². The molecule has 4 rings (SSSR count). The molecular weight excluding hydrogens is 379 g/mol. The van der Waals surface area contributed by atoms with Gasteiger partial charge in [0.15, 0.2) is 0 Å². The van der Waals surface area contributed by atoms with Crippen molar-refractivity contribution in [3.63, 3.8) is 0 Å². The summed E-state index contributed by atoms with van der Waals surface area (Å²) in [4.78, 5) is 7.43. The molecule has 1 atom stereocenters. The monoisotopic (exact) mass is 406 g/mol. The number of hydrogen-bond acceptors (Lipinski definition) is 3. The molecule has 1 fully saturated rings. The van der Waals surface area contributed by atoms with Gasteiger partial charge in [0.25, 0.3) is 0 Å². The number of likely N-dealkylation sites (tertiary alicyclic amines) is 1. The summed E-state index contributed by atoms with van der Waals surface area (Å²) in [7, 11) is 0. The van der Waals surface area contributed by atoms with Gasteiger partial charge in [-0.2, -0.15) is 0 Å². The molecule has 1 unspecified atom stereocenters. The van der Waals surface area contributed by atoms with Gasteiger partial charge in [0, 0.05) is 37.4 Å². The Balaban J connectivity index is 0.00000131. The van der Waals surface area contributed by atoms with E-state index < -0.39 is 0 Å². The van der Waals surface area contributed by atoms with E-state index in [1.54, 1.807) is 0 Å². The molecule has 146 valence electrons. The van der Waals surface area contributed by atoms with Crippen LogP contribution in [0.15, 0.2) is 54.7 Å². The summed E-state index contributed by atoms with van der Waals surface area (Å²) in [5.74, 6) is 0. The number of nitrogens with zero attached hydrogens (tertiary/aromatic N) is 3. The van der Waals surface area contributed by atoms with Crippen molar-refractivity contribution in [3.05, 3.63) is 60.4 Å². The molecule has 0 radical (unpaired) electrons. The largest absolute Gasteiger partial charge is 0.327 e. The first-order valence-corrected chi connectivity index (χ1v) is 9.04. The maximum absolute atomic E-state index is 6.32. The van der Waals surface area contributed by atoms with E-state index in [2.05, 4.69) is 65.7 Å². The number of imidazole rings is 1. The van der Waals surface area contributed by atoms with Gasteiger partial charge in [-0.05, 0) is 24.0 Å². The molecule has 0 aliphatic carbocycles. The van der Waals surface area contributed by atoms with Gasteiger partial charge < -0.3 is 10.1 Å². The Morgan fingerprint density at radius 1 is 1.07 bits per heavy atom. The topological polar surface area (TPSA) is 46.6 Å². The molecule has 2 aromatic heterocycles. The highest BCUT2D eigenvalue weighted by atomic mass is 35.5. The highest BCUT2D eigenvalue weighted by Gasteiger charge is 2.34. The Labute approximate surface area is 173 Å². The Bertz CT molecular complexity index is 876. The minimum atomic E-state index is 0. The number of benzene rings is 1. The molecule has 2 N–H and O–H groups in total. The minimum Gasteiger partial charge on any atom is -0.327 e. The highest BCUT2D eigenvalue weighted by molar-refractivity contribution is 5.85. The fourth-order valence-corrected chi connectivity index (χ4v) is 3.86. The maximum atomic E-state index is 6.32. The van der Waals surface area contributed by atoms with Gasteiger partial charge in [-0.15, -0.1) is 24.8 Å². The van der Waals surface area contributed by atoms with Crippen LogP contribution in [0.3, 0.4) is 0 Å². The summed E-state index contributed by atoms with van der Waals surface area (Å²) < 4.78 is 2.23. The number of fused-ring (bicyclic) bond motifs is 1. The van der Waals surface area contributed by atoms with Gasteiger partial charge in [0.05, 0.1) is 11.4 Å². The number of aromatic nitrogens is 2. The summed E-state index contributed by atoms with van der Waals surface area (Å²) >= 11 is 0. The average molecular weight is 407 g/mol. The molecule has 3 aromatic rings. The van der Waals surface area contributed by atoms with Crippen LogP contribution in [-0.4, -0.2) is 33.4 Å². The van der Waals surface area contributed by atoms with Crippen LogP contribution in [0.25, 0.3) is 16.9 Å². The second-order valence-electron chi connectivity index (χ2n) is 7.80. The van der Waals surface area contributed by atoms with Crippen LogP contribution >= 0.6 is 24.8 Å². The zero-order chi connectivity index (χ0) is 17.4. The van der Waals surface area contributed by atoms with Gasteiger partial charge >= 0.3 is 0 Å². The van der Waals surface area contributed by atoms with Crippen LogP contribution < -0.4 is 5.73 Å². The first kappa shape index (κ1) is 21.7. The fourth-order valence-electron chi connectivity index (χ4n) is 3.86. The van der Waals surface area contributed by atoms with Crippen molar-refractivity contribution < 1.29 is 0 Å². The van der Waals surface area contributed by atoms with Gasteiger partial charge in [-0.1, -0.05) is 50.2 Å². The van der Waals surface area contributed by atoms with E-state index in [1.807, 2.05) is 12.1 Å². The molecule has 0 saturated carbocycles. The average Bonchev–Trinajstić information content (AvgIpc) is 2.97. The lowest BCUT2D eigenvalue weighted by Gasteiger charge is -2.42. The number of nitrogens with two attached hydrogens (primary N) is 1. The molecular formula is C21H28Cl2N4. The second kappa shape index (κ2) is 8.61. The van der Waals surface area contributed by atoms with Crippen LogP contribution in [0.5, 0.6) is 0 Å². The molecule has 4 nitrogen and oxygen atoms in total. The normalized spacial score (nSPS) is 19.3. The predicted octanol–water partition coefficient (Wildman–Crippen LogP) is 4.40. The Morgan fingerprint density at radius 3 is 2.48 bits per heavy atom. The van der Waals surface area contributed by atoms with Gasteiger partial charge in [0.1, 0.15) is 5.65 Å². The van der Waals surface area contributed by atoms with E-state index >= 15 is 0 Å². The molecule has 1 aromatic carbocycles. The number of piperidine rings is 1. The summed E-state index contributed by atoms with van der Waals surface area (Å²) in [6.07, 6.45) is 3.16. The third-order valence-corrected chi connectivity index (χ3v) is 5.44. The van der Waals surface area contributed by atoms with Crippen LogP contribution in [-0.2, 0) is 6.54 Å². The van der Waals surface area contributed by atoms with Crippen molar-refractivity contribution in [2.45, 2.75) is 32.9 Å². The zero-order valence-corrected chi connectivity index (χ0v) is 17.5. The number of rotatable bonds is 3. The SMILES string of the molecule is CC1(C)CN(Cc2c(-c3ccccc3)nc3ccccn23)CCC1N.Cl.Cl. The maximum Gasteiger partial charge on any atom is 0.137 e. The van der Waals surface area contributed by atoms with Crippen molar-refractivity contribution in [1.29, 1.82) is 0 Å². The highest BCUT2D eigenvalue weighted by Crippen LogP contribution is 2.31. The molecule has 6 heteroatoms. The third-order valence-electron chi connectivity index (χ3n) is 5.44. The van der Waals surface area contributed by atoms with Crippen LogP contribution in [0.4, 0.5) is 0 Å². The molecule has 1 aliphatic heterocycles. The van der Waals surface area contributed by atoms with Gasteiger partial charge in [-0.25, -0.2) is 4.98 Å². The molecule has 0 amide bonds. The third kappa shape index (κ3) is 4.30. The van der Waals surface area contributed by atoms with E-state index in [0.29, 0.717) is 0 Å². The van der Waals surface area contributed by atoms with Crippen LogP contribution in [0, 0.1) is 5.41 Å². The summed E-state index contributed by atoms with van der Waals surface area (Å²) in [5.41, 5.74) is 11.0. The Morgan fingerprint density at radius 2 is 1.78 bits per heavy atom. The Kier molecular flexibility index (Phi) is 6.92. The van der Waals surface area contributed by atoms with Crippen molar-refractivity contribution in [2.24, 2.45) is 11.1 Å².